The molecule has 0 unspecified atom stereocenters. The van der Waals surface area contributed by atoms with Crippen molar-refractivity contribution in [3.63, 3.8) is 0 Å². The smallest absolute Gasteiger partial charge is 0.251 e. The summed E-state index contributed by atoms with van der Waals surface area (Å²) in [7, 11) is 1.37. The van der Waals surface area contributed by atoms with Crippen LogP contribution in [0.4, 0.5) is 21.8 Å². The van der Waals surface area contributed by atoms with Crippen LogP contribution in [-0.2, 0) is 0 Å². The number of benzene rings is 2. The molecule has 1 aromatic heterocycles. The van der Waals surface area contributed by atoms with Gasteiger partial charge in [-0.3, -0.25) is 4.79 Å². The molecule has 0 aliphatic heterocycles. The van der Waals surface area contributed by atoms with Crippen molar-refractivity contribution in [1.82, 2.24) is 15.3 Å². The maximum absolute atomic E-state index is 13.7. The summed E-state index contributed by atoms with van der Waals surface area (Å²) in [4.78, 5) is 21.0. The molecule has 0 saturated heterocycles. The van der Waals surface area contributed by atoms with Gasteiger partial charge >= 0.3 is 0 Å². The molecule has 0 atom stereocenters. The van der Waals surface area contributed by atoms with Crippen molar-refractivity contribution in [1.29, 1.82) is 0 Å². The molecule has 0 spiro atoms. The van der Waals surface area contributed by atoms with E-state index in [0.29, 0.717) is 24.9 Å². The fourth-order valence-electron chi connectivity index (χ4n) is 2.76. The van der Waals surface area contributed by atoms with Crippen LogP contribution in [0.2, 0.25) is 0 Å². The van der Waals surface area contributed by atoms with E-state index in [-0.39, 0.29) is 17.2 Å². The summed E-state index contributed by atoms with van der Waals surface area (Å²) in [6, 6.07) is 13.9. The molecule has 0 fully saturated rings. The van der Waals surface area contributed by atoms with Crippen molar-refractivity contribution in [3.05, 3.63) is 71.2 Å². The summed E-state index contributed by atoms with van der Waals surface area (Å²) >= 11 is 0. The number of ether oxygens (including phenoxy) is 1. The van der Waals surface area contributed by atoms with E-state index in [1.54, 1.807) is 0 Å². The van der Waals surface area contributed by atoms with E-state index in [9.17, 15) is 9.18 Å². The first-order chi connectivity index (χ1) is 14.4. The third-order valence-corrected chi connectivity index (χ3v) is 4.29. The van der Waals surface area contributed by atoms with Gasteiger partial charge in [-0.2, -0.15) is 4.98 Å². The molecule has 156 valence electrons. The maximum atomic E-state index is 13.7. The second-order valence-corrected chi connectivity index (χ2v) is 6.74. The molecule has 0 aliphatic rings. The zero-order chi connectivity index (χ0) is 21.5. The Morgan fingerprint density at radius 1 is 1.03 bits per heavy atom. The van der Waals surface area contributed by atoms with Crippen LogP contribution >= 0.6 is 0 Å². The third-order valence-electron chi connectivity index (χ3n) is 4.29. The maximum Gasteiger partial charge on any atom is 0.251 e. The van der Waals surface area contributed by atoms with Gasteiger partial charge in [-0.25, -0.2) is 9.37 Å². The number of hydrogen-bond acceptors (Lipinski definition) is 6. The normalized spacial score (nSPS) is 10.4. The number of nitrogens with zero attached hydrogens (tertiary/aromatic N) is 2. The molecule has 0 bridgehead atoms. The lowest BCUT2D eigenvalue weighted by Gasteiger charge is -2.11. The van der Waals surface area contributed by atoms with Crippen LogP contribution in [0, 0.1) is 19.7 Å². The summed E-state index contributed by atoms with van der Waals surface area (Å²) in [6.45, 7) is 4.65. The fraction of sp³-hybridized carbons (Fsp3) is 0.227. The highest BCUT2D eigenvalue weighted by Crippen LogP contribution is 2.18. The van der Waals surface area contributed by atoms with Crippen molar-refractivity contribution in [3.8, 4) is 5.75 Å². The summed E-state index contributed by atoms with van der Waals surface area (Å²) in [5.41, 5.74) is 3.15. The van der Waals surface area contributed by atoms with Gasteiger partial charge in [-0.05, 0) is 44.2 Å². The molecular formula is C22H24FN5O2. The monoisotopic (exact) mass is 409 g/mol. The number of methoxy groups -OCH3 is 1. The number of carbonyl (C=O) groups is 1. The van der Waals surface area contributed by atoms with Gasteiger partial charge in [0.25, 0.3) is 5.91 Å². The van der Waals surface area contributed by atoms with Crippen LogP contribution in [-0.4, -0.2) is 36.1 Å². The number of amides is 1. The highest BCUT2D eigenvalue weighted by molar-refractivity contribution is 5.94. The lowest BCUT2D eigenvalue weighted by molar-refractivity contribution is 0.0954. The molecule has 2 aromatic carbocycles. The van der Waals surface area contributed by atoms with Crippen LogP contribution in [0.1, 0.15) is 21.6 Å². The van der Waals surface area contributed by atoms with Crippen LogP contribution in [0.15, 0.2) is 48.5 Å². The molecule has 8 heteroatoms. The zero-order valence-corrected chi connectivity index (χ0v) is 17.1. The quantitative estimate of drug-likeness (QED) is 0.490. The number of halogens is 1. The molecule has 30 heavy (non-hydrogen) atoms. The summed E-state index contributed by atoms with van der Waals surface area (Å²) in [5.74, 6) is 0.274. The predicted octanol–water partition coefficient (Wildman–Crippen LogP) is 3.83. The molecule has 1 heterocycles. The molecule has 3 rings (SSSR count). The van der Waals surface area contributed by atoms with Crippen LogP contribution in [0.3, 0.4) is 0 Å². The van der Waals surface area contributed by atoms with Gasteiger partial charge in [0.2, 0.25) is 5.95 Å². The van der Waals surface area contributed by atoms with E-state index >= 15 is 0 Å². The number of anilines is 3. The standard InChI is InChI=1S/C22H24FN5O2/c1-14-4-7-17(8-5-14)27-20-12-15(2)26-22(28-20)25-11-10-24-21(29)16-6-9-19(30-3)18(23)13-16/h4-9,12-13H,10-11H2,1-3H3,(H,24,29)(H2,25,26,27,28). The Bertz CT molecular complexity index is 1020. The van der Waals surface area contributed by atoms with Crippen molar-refractivity contribution in [2.75, 3.05) is 30.8 Å². The minimum Gasteiger partial charge on any atom is -0.494 e. The number of aryl methyl sites for hydroxylation is 2. The highest BCUT2D eigenvalue weighted by Gasteiger charge is 2.10. The van der Waals surface area contributed by atoms with Crippen LogP contribution in [0.5, 0.6) is 5.75 Å². The van der Waals surface area contributed by atoms with Gasteiger partial charge in [0.15, 0.2) is 11.6 Å². The van der Waals surface area contributed by atoms with Crippen molar-refractivity contribution in [2.24, 2.45) is 0 Å². The minimum absolute atomic E-state index is 0.0971. The Morgan fingerprint density at radius 3 is 2.50 bits per heavy atom. The van der Waals surface area contributed by atoms with E-state index in [1.807, 2.05) is 44.2 Å². The Labute approximate surface area is 174 Å². The second-order valence-electron chi connectivity index (χ2n) is 6.74. The van der Waals surface area contributed by atoms with Crippen LogP contribution < -0.4 is 20.7 Å². The molecule has 0 saturated carbocycles. The Morgan fingerprint density at radius 2 is 1.80 bits per heavy atom. The third kappa shape index (κ3) is 5.66. The van der Waals surface area contributed by atoms with Crippen molar-refractivity contribution < 1.29 is 13.9 Å². The number of aromatic nitrogens is 2. The van der Waals surface area contributed by atoms with E-state index in [4.69, 9.17) is 4.74 Å². The first-order valence-electron chi connectivity index (χ1n) is 9.49. The fourth-order valence-corrected chi connectivity index (χ4v) is 2.76. The SMILES string of the molecule is COc1ccc(C(=O)NCCNc2nc(C)cc(Nc3ccc(C)cc3)n2)cc1F. The minimum atomic E-state index is -0.579. The molecular weight excluding hydrogens is 385 g/mol. The predicted molar refractivity (Wildman–Crippen MR) is 115 cm³/mol. The van der Waals surface area contributed by atoms with Gasteiger partial charge < -0.3 is 20.7 Å². The number of nitrogens with one attached hydrogen (secondary N) is 3. The van der Waals surface area contributed by atoms with Gasteiger partial charge in [0.1, 0.15) is 5.82 Å². The van der Waals surface area contributed by atoms with E-state index in [2.05, 4.69) is 25.9 Å². The topological polar surface area (TPSA) is 88.2 Å². The molecule has 3 aromatic rings. The van der Waals surface area contributed by atoms with E-state index in [0.717, 1.165) is 17.4 Å². The molecule has 1 amide bonds. The lowest BCUT2D eigenvalue weighted by Crippen LogP contribution is -2.29. The van der Waals surface area contributed by atoms with Gasteiger partial charge in [0.05, 0.1) is 7.11 Å². The van der Waals surface area contributed by atoms with E-state index < -0.39 is 5.82 Å². The average Bonchev–Trinajstić information content (AvgIpc) is 2.72. The summed E-state index contributed by atoms with van der Waals surface area (Å²) < 4.78 is 18.6. The number of rotatable bonds is 8. The molecule has 3 N–H and O–H groups in total. The van der Waals surface area contributed by atoms with E-state index in [1.165, 1.54) is 24.8 Å². The van der Waals surface area contributed by atoms with Crippen molar-refractivity contribution in [2.45, 2.75) is 13.8 Å². The number of carbonyl (C=O) groups excluding carboxylic acids is 1. The summed E-state index contributed by atoms with van der Waals surface area (Å²) in [5, 5.41) is 9.06. The van der Waals surface area contributed by atoms with Crippen molar-refractivity contribution >= 4 is 23.4 Å². The molecule has 0 radical (unpaired) electrons. The lowest BCUT2D eigenvalue weighted by atomic mass is 10.2. The summed E-state index contributed by atoms with van der Waals surface area (Å²) in [6.07, 6.45) is 0. The first-order valence-corrected chi connectivity index (χ1v) is 9.49. The highest BCUT2D eigenvalue weighted by atomic mass is 19.1. The largest absolute Gasteiger partial charge is 0.494 e. The molecule has 7 nitrogen and oxygen atoms in total. The number of hydrogen-bond donors (Lipinski definition) is 3. The second kappa shape index (κ2) is 9.69. The zero-order valence-electron chi connectivity index (χ0n) is 17.1. The van der Waals surface area contributed by atoms with Crippen LogP contribution in [0.25, 0.3) is 0 Å². The molecule has 0 aliphatic carbocycles. The van der Waals surface area contributed by atoms with Gasteiger partial charge in [-0.15, -0.1) is 0 Å². The van der Waals surface area contributed by atoms with Gasteiger partial charge in [-0.1, -0.05) is 17.7 Å². The Hall–Kier alpha value is -3.68. The average molecular weight is 409 g/mol. The van der Waals surface area contributed by atoms with Gasteiger partial charge in [0, 0.05) is 36.1 Å². The Balaban J connectivity index is 1.53. The Kier molecular flexibility index (Phi) is 6.79. The first kappa shape index (κ1) is 21.0.